The van der Waals surface area contributed by atoms with Crippen molar-refractivity contribution in [2.75, 3.05) is 13.1 Å². The van der Waals surface area contributed by atoms with E-state index in [1.54, 1.807) is 6.07 Å². The zero-order valence-corrected chi connectivity index (χ0v) is 17.5. The second-order valence-corrected chi connectivity index (χ2v) is 9.93. The van der Waals surface area contributed by atoms with Crippen LogP contribution >= 0.6 is 11.3 Å². The van der Waals surface area contributed by atoms with Crippen LogP contribution in [0.3, 0.4) is 0 Å². The number of alkyl halides is 3. The van der Waals surface area contributed by atoms with Crippen molar-refractivity contribution in [3.8, 4) is 6.01 Å². The fourth-order valence-corrected chi connectivity index (χ4v) is 5.81. The van der Waals surface area contributed by atoms with E-state index >= 15 is 0 Å². The van der Waals surface area contributed by atoms with Crippen molar-refractivity contribution >= 4 is 27.3 Å². The summed E-state index contributed by atoms with van der Waals surface area (Å²) < 4.78 is 71.1. The van der Waals surface area contributed by atoms with Crippen LogP contribution in [0.4, 0.5) is 13.2 Å². The molecule has 0 spiro atoms. The van der Waals surface area contributed by atoms with Gasteiger partial charge in [0.15, 0.2) is 5.69 Å². The molecule has 8 nitrogen and oxygen atoms in total. The molecular weight excluding hydrogens is 445 g/mol. The van der Waals surface area contributed by atoms with E-state index in [0.717, 1.165) is 23.6 Å². The lowest BCUT2D eigenvalue weighted by atomic mass is 10.1. The maximum Gasteiger partial charge on any atom is 0.433 e. The number of sulfonamides is 1. The first-order valence-corrected chi connectivity index (χ1v) is 11.2. The molecule has 0 aliphatic carbocycles. The van der Waals surface area contributed by atoms with Crippen molar-refractivity contribution in [3.63, 3.8) is 0 Å². The van der Waals surface area contributed by atoms with E-state index in [4.69, 9.17) is 4.74 Å². The summed E-state index contributed by atoms with van der Waals surface area (Å²) in [6.45, 7) is 1.84. The summed E-state index contributed by atoms with van der Waals surface area (Å²) in [6, 6.07) is 3.39. The molecule has 3 rings (SSSR count). The zero-order chi connectivity index (χ0) is 21.9. The molecule has 30 heavy (non-hydrogen) atoms. The Morgan fingerprint density at radius 2 is 2.13 bits per heavy atom. The molecule has 1 saturated heterocycles. The Labute approximate surface area is 175 Å². The maximum atomic E-state index is 12.9. The van der Waals surface area contributed by atoms with Crippen LogP contribution in [0.2, 0.25) is 0 Å². The number of hydrogen-bond donors (Lipinski definition) is 1. The number of nitrogens with zero attached hydrogens (tertiary/aromatic N) is 3. The largest absolute Gasteiger partial charge is 0.459 e. The number of carbonyl (C=O) groups is 1. The Morgan fingerprint density at radius 3 is 2.83 bits per heavy atom. The highest BCUT2D eigenvalue weighted by Gasteiger charge is 2.35. The van der Waals surface area contributed by atoms with E-state index in [0.29, 0.717) is 17.7 Å². The van der Waals surface area contributed by atoms with Crippen molar-refractivity contribution < 1.29 is 31.1 Å². The molecule has 13 heteroatoms. The van der Waals surface area contributed by atoms with E-state index in [1.165, 1.54) is 17.3 Å². The van der Waals surface area contributed by atoms with E-state index < -0.39 is 34.0 Å². The molecule has 164 valence electrons. The van der Waals surface area contributed by atoms with Crippen LogP contribution in [0.5, 0.6) is 6.01 Å². The highest BCUT2D eigenvalue weighted by atomic mass is 32.2. The Balaban J connectivity index is 1.69. The monoisotopic (exact) mass is 464 g/mol. The lowest BCUT2D eigenvalue weighted by molar-refractivity contribution is -0.141. The van der Waals surface area contributed by atoms with Gasteiger partial charge in [-0.25, -0.2) is 13.4 Å². The van der Waals surface area contributed by atoms with Gasteiger partial charge in [-0.05, 0) is 31.0 Å². The lowest BCUT2D eigenvalue weighted by Gasteiger charge is -2.31. The minimum absolute atomic E-state index is 0.0269. The predicted octanol–water partition coefficient (Wildman–Crippen LogP) is 2.43. The SMILES string of the molecule is CC(=O)NCc1ccc(S(=O)(=O)N2CCCC(Oc3nccc(C(F)(F)F)n3)C2)s1. The number of piperidine rings is 1. The van der Waals surface area contributed by atoms with Crippen LogP contribution in [0.15, 0.2) is 28.6 Å². The quantitative estimate of drug-likeness (QED) is 0.705. The summed E-state index contributed by atoms with van der Waals surface area (Å²) in [7, 11) is -3.80. The molecule has 1 fully saturated rings. The van der Waals surface area contributed by atoms with Crippen molar-refractivity contribution in [1.82, 2.24) is 19.6 Å². The highest BCUT2D eigenvalue weighted by Crippen LogP contribution is 2.30. The Bertz CT molecular complexity index is 1010. The van der Waals surface area contributed by atoms with Gasteiger partial charge in [0, 0.05) is 24.5 Å². The molecular formula is C17H19F3N4O4S2. The molecule has 0 radical (unpaired) electrons. The molecule has 3 heterocycles. The summed E-state index contributed by atoms with van der Waals surface area (Å²) in [5.74, 6) is -0.222. The minimum atomic E-state index is -4.63. The number of thiophene rings is 1. The average molecular weight is 464 g/mol. The Hall–Kier alpha value is -2.25. The third-order valence-electron chi connectivity index (χ3n) is 4.28. The summed E-state index contributed by atoms with van der Waals surface area (Å²) in [5, 5.41) is 2.60. The number of carbonyl (C=O) groups excluding carboxylic acids is 1. The first kappa shape index (κ1) is 22.4. The lowest BCUT2D eigenvalue weighted by Crippen LogP contribution is -2.44. The molecule has 1 atom stereocenters. The van der Waals surface area contributed by atoms with Crippen LogP contribution in [-0.4, -0.2) is 47.8 Å². The van der Waals surface area contributed by atoms with Gasteiger partial charge in [0.2, 0.25) is 5.91 Å². The van der Waals surface area contributed by atoms with Gasteiger partial charge >= 0.3 is 12.2 Å². The van der Waals surface area contributed by atoms with E-state index in [-0.39, 0.29) is 29.8 Å². The van der Waals surface area contributed by atoms with Crippen LogP contribution in [0.1, 0.15) is 30.3 Å². The van der Waals surface area contributed by atoms with Crippen LogP contribution in [0.25, 0.3) is 0 Å². The van der Waals surface area contributed by atoms with E-state index in [2.05, 4.69) is 15.3 Å². The third kappa shape index (κ3) is 5.46. The van der Waals surface area contributed by atoms with Gasteiger partial charge in [-0.3, -0.25) is 4.79 Å². The Morgan fingerprint density at radius 1 is 1.37 bits per heavy atom. The number of ether oxygens (including phenoxy) is 1. The summed E-state index contributed by atoms with van der Waals surface area (Å²) >= 11 is 1.05. The number of aromatic nitrogens is 2. The second kappa shape index (κ2) is 8.86. The summed E-state index contributed by atoms with van der Waals surface area (Å²) in [5.41, 5.74) is -1.13. The highest BCUT2D eigenvalue weighted by molar-refractivity contribution is 7.91. The van der Waals surface area contributed by atoms with Crippen molar-refractivity contribution in [3.05, 3.63) is 35.0 Å². The van der Waals surface area contributed by atoms with Crippen LogP contribution < -0.4 is 10.1 Å². The molecule has 1 aliphatic heterocycles. The number of hydrogen-bond acceptors (Lipinski definition) is 7. The summed E-state index contributed by atoms with van der Waals surface area (Å²) in [4.78, 5) is 18.8. The normalized spacial score (nSPS) is 18.2. The molecule has 2 aromatic heterocycles. The van der Waals surface area contributed by atoms with Gasteiger partial charge in [0.25, 0.3) is 10.0 Å². The fraction of sp³-hybridized carbons (Fsp3) is 0.471. The predicted molar refractivity (Wildman–Crippen MR) is 101 cm³/mol. The van der Waals surface area contributed by atoms with Crippen molar-refractivity contribution in [2.24, 2.45) is 0 Å². The molecule has 0 aromatic carbocycles. The van der Waals surface area contributed by atoms with Crippen molar-refractivity contribution in [1.29, 1.82) is 0 Å². The second-order valence-electron chi connectivity index (χ2n) is 6.60. The molecule has 1 unspecified atom stereocenters. The summed E-state index contributed by atoms with van der Waals surface area (Å²) in [6.07, 6.45) is -3.41. The van der Waals surface area contributed by atoms with Gasteiger partial charge in [-0.15, -0.1) is 11.3 Å². The number of amides is 1. The van der Waals surface area contributed by atoms with E-state index in [9.17, 15) is 26.4 Å². The first-order chi connectivity index (χ1) is 14.1. The van der Waals surface area contributed by atoms with Gasteiger partial charge in [-0.1, -0.05) is 0 Å². The van der Waals surface area contributed by atoms with Crippen molar-refractivity contribution in [2.45, 2.75) is 42.8 Å². The van der Waals surface area contributed by atoms with E-state index in [1.807, 2.05) is 0 Å². The third-order valence-corrected chi connectivity index (χ3v) is 7.70. The topological polar surface area (TPSA) is 101 Å². The fourth-order valence-electron chi connectivity index (χ4n) is 2.85. The molecule has 1 amide bonds. The molecule has 0 saturated carbocycles. The standard InChI is InChI=1S/C17H19F3N4O4S2/c1-11(25)22-9-13-4-5-15(29-13)30(26,27)24-8-2-3-12(10-24)28-16-21-7-6-14(23-16)17(18,19)20/h4-7,12H,2-3,8-10H2,1H3,(H,22,25). The van der Waals surface area contributed by atoms with Gasteiger partial charge in [0.1, 0.15) is 10.3 Å². The maximum absolute atomic E-state index is 12.9. The molecule has 2 aromatic rings. The molecule has 0 bridgehead atoms. The number of rotatable bonds is 6. The zero-order valence-electron chi connectivity index (χ0n) is 15.8. The molecule has 1 N–H and O–H groups in total. The molecule has 1 aliphatic rings. The minimum Gasteiger partial charge on any atom is -0.459 e. The smallest absolute Gasteiger partial charge is 0.433 e. The van der Waals surface area contributed by atoms with Gasteiger partial charge in [0.05, 0.1) is 13.1 Å². The van der Waals surface area contributed by atoms with Gasteiger partial charge in [-0.2, -0.15) is 22.5 Å². The van der Waals surface area contributed by atoms with Crippen LogP contribution in [-0.2, 0) is 27.5 Å². The van der Waals surface area contributed by atoms with Gasteiger partial charge < -0.3 is 10.1 Å². The Kier molecular flexibility index (Phi) is 6.62. The first-order valence-electron chi connectivity index (χ1n) is 8.96. The number of halogens is 3. The average Bonchev–Trinajstić information content (AvgIpc) is 3.16. The van der Waals surface area contributed by atoms with Crippen LogP contribution in [0, 0.1) is 0 Å². The number of nitrogens with one attached hydrogen (secondary N) is 1.